The molecule has 0 spiro atoms. The van der Waals surface area contributed by atoms with E-state index < -0.39 is 0 Å². The van der Waals surface area contributed by atoms with Crippen molar-refractivity contribution in [2.75, 3.05) is 13.6 Å². The summed E-state index contributed by atoms with van der Waals surface area (Å²) >= 11 is 6.43. The Morgan fingerprint density at radius 3 is 2.58 bits per heavy atom. The summed E-state index contributed by atoms with van der Waals surface area (Å²) in [7, 11) is 1.84. The molecule has 0 unspecified atom stereocenters. The largest absolute Gasteiger partial charge is 0.344 e. The van der Waals surface area contributed by atoms with Gasteiger partial charge in [0.1, 0.15) is 0 Å². The number of carbonyl (C=O) groups is 1. The third-order valence-electron chi connectivity index (χ3n) is 4.54. The molecular formula is C21H22ClN3O. The molecule has 1 atom stereocenters. The van der Waals surface area contributed by atoms with Gasteiger partial charge in [0, 0.05) is 49.9 Å². The van der Waals surface area contributed by atoms with Gasteiger partial charge in [0.05, 0.1) is 6.33 Å². The first-order valence-electron chi connectivity index (χ1n) is 8.64. The van der Waals surface area contributed by atoms with Gasteiger partial charge in [-0.05, 0) is 17.2 Å². The first kappa shape index (κ1) is 18.2. The van der Waals surface area contributed by atoms with Crippen molar-refractivity contribution in [2.24, 2.45) is 0 Å². The zero-order chi connectivity index (χ0) is 18.4. The Balaban J connectivity index is 1.75. The molecule has 0 aliphatic rings. The van der Waals surface area contributed by atoms with Gasteiger partial charge in [-0.3, -0.25) is 4.79 Å². The highest BCUT2D eigenvalue weighted by atomic mass is 35.5. The Labute approximate surface area is 159 Å². The van der Waals surface area contributed by atoms with E-state index in [1.165, 1.54) is 0 Å². The molecule has 5 heteroatoms. The van der Waals surface area contributed by atoms with E-state index in [9.17, 15) is 4.79 Å². The third kappa shape index (κ3) is 4.52. The van der Waals surface area contributed by atoms with E-state index in [0.717, 1.165) is 17.7 Å². The maximum atomic E-state index is 12.8. The van der Waals surface area contributed by atoms with E-state index in [2.05, 4.69) is 4.98 Å². The Hall–Kier alpha value is -2.59. The molecule has 4 nitrogen and oxygen atoms in total. The van der Waals surface area contributed by atoms with Crippen LogP contribution in [0.5, 0.6) is 0 Å². The summed E-state index contributed by atoms with van der Waals surface area (Å²) in [5.74, 6) is 0.0342. The maximum absolute atomic E-state index is 12.8. The SMILES string of the molecule is CN(CCn1ccnc1)C(=O)C[C@@H](c1ccccc1)c1ccccc1Cl. The number of hydrogen-bond donors (Lipinski definition) is 0. The van der Waals surface area contributed by atoms with Crippen LogP contribution in [0.4, 0.5) is 0 Å². The standard InChI is InChI=1S/C21H22ClN3O/c1-24(13-14-25-12-11-23-16-25)21(26)15-19(17-7-3-2-4-8-17)18-9-5-6-10-20(18)22/h2-12,16,19H,13-15H2,1H3/t19-/m0/s1. The summed E-state index contributed by atoms with van der Waals surface area (Å²) in [4.78, 5) is 18.6. The first-order valence-corrected chi connectivity index (χ1v) is 9.02. The molecule has 0 aliphatic heterocycles. The van der Waals surface area contributed by atoms with Crippen LogP contribution in [-0.2, 0) is 11.3 Å². The number of halogens is 1. The van der Waals surface area contributed by atoms with Crippen LogP contribution in [0.2, 0.25) is 5.02 Å². The van der Waals surface area contributed by atoms with Crippen LogP contribution in [0.3, 0.4) is 0 Å². The number of nitrogens with zero attached hydrogens (tertiary/aromatic N) is 3. The van der Waals surface area contributed by atoms with E-state index in [1.54, 1.807) is 17.4 Å². The molecule has 0 fully saturated rings. The Morgan fingerprint density at radius 1 is 1.15 bits per heavy atom. The molecule has 3 rings (SSSR count). The second-order valence-electron chi connectivity index (χ2n) is 6.30. The maximum Gasteiger partial charge on any atom is 0.223 e. The molecule has 1 aromatic heterocycles. The zero-order valence-electron chi connectivity index (χ0n) is 14.8. The number of aromatic nitrogens is 2. The van der Waals surface area contributed by atoms with Gasteiger partial charge in [-0.25, -0.2) is 4.98 Å². The first-order chi connectivity index (χ1) is 12.6. The van der Waals surface area contributed by atoms with Gasteiger partial charge in [-0.2, -0.15) is 0 Å². The van der Waals surface area contributed by atoms with Gasteiger partial charge in [-0.15, -0.1) is 0 Å². The molecule has 0 bridgehead atoms. The van der Waals surface area contributed by atoms with Crippen LogP contribution in [0.25, 0.3) is 0 Å². The molecule has 1 heterocycles. The summed E-state index contributed by atoms with van der Waals surface area (Å²) < 4.78 is 1.96. The summed E-state index contributed by atoms with van der Waals surface area (Å²) in [6, 6.07) is 17.8. The smallest absolute Gasteiger partial charge is 0.223 e. The lowest BCUT2D eigenvalue weighted by atomic mass is 9.88. The molecule has 0 aliphatic carbocycles. The monoisotopic (exact) mass is 367 g/mol. The molecule has 0 saturated heterocycles. The lowest BCUT2D eigenvalue weighted by molar-refractivity contribution is -0.130. The van der Waals surface area contributed by atoms with Crippen LogP contribution >= 0.6 is 11.6 Å². The summed E-state index contributed by atoms with van der Waals surface area (Å²) in [6.45, 7) is 1.36. The van der Waals surface area contributed by atoms with E-state index in [-0.39, 0.29) is 11.8 Å². The Morgan fingerprint density at radius 2 is 1.88 bits per heavy atom. The van der Waals surface area contributed by atoms with Crippen molar-refractivity contribution in [1.82, 2.24) is 14.5 Å². The number of hydrogen-bond acceptors (Lipinski definition) is 2. The van der Waals surface area contributed by atoms with Gasteiger partial charge >= 0.3 is 0 Å². The second-order valence-corrected chi connectivity index (χ2v) is 6.71. The van der Waals surface area contributed by atoms with Crippen molar-refractivity contribution >= 4 is 17.5 Å². The summed E-state index contributed by atoms with van der Waals surface area (Å²) in [6.07, 6.45) is 5.78. The minimum absolute atomic E-state index is 0.0619. The number of rotatable bonds is 7. The molecule has 0 radical (unpaired) electrons. The fraction of sp³-hybridized carbons (Fsp3) is 0.238. The van der Waals surface area contributed by atoms with Crippen molar-refractivity contribution < 1.29 is 4.79 Å². The molecule has 134 valence electrons. The number of amides is 1. The van der Waals surface area contributed by atoms with E-state index >= 15 is 0 Å². The van der Waals surface area contributed by atoms with Gasteiger partial charge < -0.3 is 9.47 Å². The number of likely N-dealkylation sites (N-methyl/N-ethyl adjacent to an activating group) is 1. The minimum atomic E-state index is -0.0619. The summed E-state index contributed by atoms with van der Waals surface area (Å²) in [5.41, 5.74) is 2.08. The van der Waals surface area contributed by atoms with Crippen LogP contribution in [-0.4, -0.2) is 34.0 Å². The molecular weight excluding hydrogens is 346 g/mol. The average molecular weight is 368 g/mol. The highest BCUT2D eigenvalue weighted by Crippen LogP contribution is 2.33. The van der Waals surface area contributed by atoms with Crippen molar-refractivity contribution in [3.8, 4) is 0 Å². The van der Waals surface area contributed by atoms with E-state index in [1.807, 2.05) is 72.4 Å². The van der Waals surface area contributed by atoms with Crippen molar-refractivity contribution in [1.29, 1.82) is 0 Å². The van der Waals surface area contributed by atoms with Crippen LogP contribution in [0.15, 0.2) is 73.3 Å². The highest BCUT2D eigenvalue weighted by molar-refractivity contribution is 6.31. The van der Waals surface area contributed by atoms with Crippen molar-refractivity contribution in [3.63, 3.8) is 0 Å². The fourth-order valence-electron chi connectivity index (χ4n) is 2.99. The fourth-order valence-corrected chi connectivity index (χ4v) is 3.26. The third-order valence-corrected chi connectivity index (χ3v) is 4.88. The number of carbonyl (C=O) groups excluding carboxylic acids is 1. The predicted molar refractivity (Wildman–Crippen MR) is 104 cm³/mol. The zero-order valence-corrected chi connectivity index (χ0v) is 15.5. The van der Waals surface area contributed by atoms with Crippen molar-refractivity contribution in [2.45, 2.75) is 18.9 Å². The summed E-state index contributed by atoms with van der Waals surface area (Å²) in [5, 5.41) is 0.690. The number of imidazole rings is 1. The van der Waals surface area contributed by atoms with Crippen LogP contribution in [0.1, 0.15) is 23.5 Å². The minimum Gasteiger partial charge on any atom is -0.344 e. The van der Waals surface area contributed by atoms with Gasteiger partial charge in [0.15, 0.2) is 0 Å². The van der Waals surface area contributed by atoms with Crippen molar-refractivity contribution in [3.05, 3.63) is 89.5 Å². The molecule has 0 saturated carbocycles. The lowest BCUT2D eigenvalue weighted by Gasteiger charge is -2.23. The number of benzene rings is 2. The Bertz CT molecular complexity index is 833. The quantitative estimate of drug-likeness (QED) is 0.627. The van der Waals surface area contributed by atoms with E-state index in [0.29, 0.717) is 18.0 Å². The normalized spacial score (nSPS) is 11.9. The molecule has 2 aromatic carbocycles. The van der Waals surface area contributed by atoms with Gasteiger partial charge in [-0.1, -0.05) is 60.1 Å². The average Bonchev–Trinajstić information content (AvgIpc) is 3.19. The van der Waals surface area contributed by atoms with E-state index in [4.69, 9.17) is 11.6 Å². The van der Waals surface area contributed by atoms with Crippen LogP contribution in [0, 0.1) is 0 Å². The topological polar surface area (TPSA) is 38.1 Å². The Kier molecular flexibility index (Phi) is 6.08. The van der Waals surface area contributed by atoms with Gasteiger partial charge in [0.25, 0.3) is 0 Å². The molecule has 3 aromatic rings. The van der Waals surface area contributed by atoms with Crippen LogP contribution < -0.4 is 0 Å². The molecule has 0 N–H and O–H groups in total. The van der Waals surface area contributed by atoms with Gasteiger partial charge in [0.2, 0.25) is 5.91 Å². The predicted octanol–water partition coefficient (Wildman–Crippen LogP) is 4.22. The lowest BCUT2D eigenvalue weighted by Crippen LogP contribution is -2.31. The second kappa shape index (κ2) is 8.68. The highest BCUT2D eigenvalue weighted by Gasteiger charge is 2.22. The molecule has 1 amide bonds. The molecule has 26 heavy (non-hydrogen) atoms.